The van der Waals surface area contributed by atoms with Gasteiger partial charge < -0.3 is 15.4 Å². The zero-order valence-corrected chi connectivity index (χ0v) is 10.7. The van der Waals surface area contributed by atoms with Crippen molar-refractivity contribution >= 4 is 6.03 Å². The van der Waals surface area contributed by atoms with Crippen LogP contribution in [0.25, 0.3) is 0 Å². The van der Waals surface area contributed by atoms with Crippen molar-refractivity contribution in [2.75, 3.05) is 6.61 Å². The van der Waals surface area contributed by atoms with Crippen LogP contribution in [0, 0.1) is 0 Å². The highest BCUT2D eigenvalue weighted by Crippen LogP contribution is 2.15. The Balaban J connectivity index is 1.71. The van der Waals surface area contributed by atoms with Gasteiger partial charge in [-0.25, -0.2) is 4.79 Å². The Morgan fingerprint density at radius 1 is 1.44 bits per heavy atom. The third kappa shape index (κ3) is 3.74. The molecular formula is C14H20N2O2. The summed E-state index contributed by atoms with van der Waals surface area (Å²) in [6, 6.07) is 9.79. The number of carbonyl (C=O) groups excluding carboxylic acids is 1. The highest BCUT2D eigenvalue weighted by molar-refractivity contribution is 5.74. The van der Waals surface area contributed by atoms with Gasteiger partial charge in [-0.3, -0.25) is 0 Å². The fourth-order valence-corrected chi connectivity index (χ4v) is 2.13. The number of benzene rings is 1. The average Bonchev–Trinajstić information content (AvgIpc) is 2.91. The molecule has 2 atom stereocenters. The van der Waals surface area contributed by atoms with Gasteiger partial charge in [-0.05, 0) is 25.3 Å². The minimum absolute atomic E-state index is 0.0586. The van der Waals surface area contributed by atoms with Gasteiger partial charge in [-0.2, -0.15) is 0 Å². The van der Waals surface area contributed by atoms with Crippen molar-refractivity contribution in [3.8, 4) is 0 Å². The first-order valence-corrected chi connectivity index (χ1v) is 6.45. The number of carbonyl (C=O) groups is 1. The van der Waals surface area contributed by atoms with Gasteiger partial charge in [0.05, 0.1) is 12.1 Å². The van der Waals surface area contributed by atoms with Crippen LogP contribution in [0.3, 0.4) is 0 Å². The highest BCUT2D eigenvalue weighted by atomic mass is 16.5. The molecule has 2 rings (SSSR count). The molecule has 0 radical (unpaired) electrons. The van der Waals surface area contributed by atoms with E-state index in [1.54, 1.807) is 0 Å². The van der Waals surface area contributed by atoms with E-state index in [2.05, 4.69) is 10.6 Å². The van der Waals surface area contributed by atoms with Crippen molar-refractivity contribution in [1.82, 2.24) is 10.6 Å². The van der Waals surface area contributed by atoms with E-state index in [9.17, 15) is 4.79 Å². The maximum atomic E-state index is 11.7. The second-order valence-electron chi connectivity index (χ2n) is 4.65. The number of urea groups is 1. The van der Waals surface area contributed by atoms with E-state index in [1.807, 2.05) is 37.3 Å². The first kappa shape index (κ1) is 12.9. The summed E-state index contributed by atoms with van der Waals surface area (Å²) in [5.74, 6) is 0. The molecule has 1 aromatic rings. The number of nitrogens with one attached hydrogen (secondary N) is 2. The Morgan fingerprint density at radius 2 is 2.22 bits per heavy atom. The number of amides is 2. The fourth-order valence-electron chi connectivity index (χ4n) is 2.13. The van der Waals surface area contributed by atoms with Crippen molar-refractivity contribution in [2.45, 2.75) is 38.5 Å². The predicted molar refractivity (Wildman–Crippen MR) is 70.2 cm³/mol. The van der Waals surface area contributed by atoms with E-state index in [0.29, 0.717) is 6.54 Å². The van der Waals surface area contributed by atoms with Crippen molar-refractivity contribution in [3.05, 3.63) is 35.9 Å². The lowest BCUT2D eigenvalue weighted by Crippen LogP contribution is -2.45. The van der Waals surface area contributed by atoms with E-state index in [0.717, 1.165) is 25.0 Å². The monoisotopic (exact) mass is 248 g/mol. The van der Waals surface area contributed by atoms with Gasteiger partial charge >= 0.3 is 6.03 Å². The number of ether oxygens (including phenoxy) is 1. The second-order valence-corrected chi connectivity index (χ2v) is 4.65. The fraction of sp³-hybridized carbons (Fsp3) is 0.500. The van der Waals surface area contributed by atoms with Crippen LogP contribution in [0.15, 0.2) is 30.3 Å². The molecule has 0 bridgehead atoms. The van der Waals surface area contributed by atoms with Crippen LogP contribution in [0.2, 0.25) is 0 Å². The van der Waals surface area contributed by atoms with Gasteiger partial charge in [0.25, 0.3) is 0 Å². The lowest BCUT2D eigenvalue weighted by Gasteiger charge is -2.20. The Hall–Kier alpha value is -1.55. The summed E-state index contributed by atoms with van der Waals surface area (Å²) in [5.41, 5.74) is 1.09. The first-order valence-electron chi connectivity index (χ1n) is 6.45. The summed E-state index contributed by atoms with van der Waals surface area (Å²) in [7, 11) is 0. The molecule has 4 nitrogen and oxygen atoms in total. The smallest absolute Gasteiger partial charge is 0.315 e. The van der Waals surface area contributed by atoms with Crippen LogP contribution in [0.4, 0.5) is 4.79 Å². The molecule has 0 unspecified atom stereocenters. The van der Waals surface area contributed by atoms with Crippen LogP contribution in [0.1, 0.15) is 25.3 Å². The number of rotatable bonds is 4. The summed E-state index contributed by atoms with van der Waals surface area (Å²) in [5, 5.41) is 5.76. The Bertz CT molecular complexity index is 375. The largest absolute Gasteiger partial charge is 0.376 e. The van der Waals surface area contributed by atoms with Crippen molar-refractivity contribution in [1.29, 1.82) is 0 Å². The lowest BCUT2D eigenvalue weighted by atomic mass is 10.1. The van der Waals surface area contributed by atoms with Crippen LogP contribution in [-0.2, 0) is 11.3 Å². The highest BCUT2D eigenvalue weighted by Gasteiger charge is 2.23. The van der Waals surface area contributed by atoms with Crippen LogP contribution >= 0.6 is 0 Å². The van der Waals surface area contributed by atoms with Crippen LogP contribution in [0.5, 0.6) is 0 Å². The lowest BCUT2D eigenvalue weighted by molar-refractivity contribution is 0.0860. The maximum absolute atomic E-state index is 11.7. The molecule has 0 spiro atoms. The zero-order chi connectivity index (χ0) is 12.8. The molecule has 0 aliphatic carbocycles. The molecule has 0 aromatic heterocycles. The van der Waals surface area contributed by atoms with Gasteiger partial charge in [0.1, 0.15) is 0 Å². The quantitative estimate of drug-likeness (QED) is 0.857. The molecule has 1 aliphatic rings. The molecule has 1 saturated heterocycles. The predicted octanol–water partition coefficient (Wildman–Crippen LogP) is 2.05. The summed E-state index contributed by atoms with van der Waals surface area (Å²) in [4.78, 5) is 11.7. The third-order valence-corrected chi connectivity index (χ3v) is 3.18. The Morgan fingerprint density at radius 3 is 2.89 bits per heavy atom. The van der Waals surface area contributed by atoms with Crippen molar-refractivity contribution < 1.29 is 9.53 Å². The first-order chi connectivity index (χ1) is 8.75. The van der Waals surface area contributed by atoms with E-state index in [-0.39, 0.29) is 18.2 Å². The van der Waals surface area contributed by atoms with E-state index < -0.39 is 0 Å². The topological polar surface area (TPSA) is 50.4 Å². The molecule has 4 heteroatoms. The molecule has 0 saturated carbocycles. The zero-order valence-electron chi connectivity index (χ0n) is 10.7. The minimum atomic E-state index is -0.137. The average molecular weight is 248 g/mol. The standard InChI is InChI=1S/C14H20N2O2/c1-11(13-8-5-9-18-13)16-14(17)15-10-12-6-3-2-4-7-12/h2-4,6-7,11,13H,5,8-10H2,1H3,(H2,15,16,17)/t11-,13+/m1/s1. The molecule has 18 heavy (non-hydrogen) atoms. The second kappa shape index (κ2) is 6.40. The molecular weight excluding hydrogens is 228 g/mol. The van der Waals surface area contributed by atoms with E-state index in [4.69, 9.17) is 4.74 Å². The maximum Gasteiger partial charge on any atom is 0.315 e. The van der Waals surface area contributed by atoms with Crippen molar-refractivity contribution in [2.24, 2.45) is 0 Å². The molecule has 2 amide bonds. The van der Waals surface area contributed by atoms with Gasteiger partial charge in [-0.1, -0.05) is 30.3 Å². The number of hydrogen-bond acceptors (Lipinski definition) is 2. The molecule has 98 valence electrons. The van der Waals surface area contributed by atoms with Gasteiger partial charge in [0.15, 0.2) is 0 Å². The Kier molecular flexibility index (Phi) is 4.59. The minimum Gasteiger partial charge on any atom is -0.376 e. The van der Waals surface area contributed by atoms with Gasteiger partial charge in [0.2, 0.25) is 0 Å². The third-order valence-electron chi connectivity index (χ3n) is 3.18. The molecule has 2 N–H and O–H groups in total. The van der Waals surface area contributed by atoms with E-state index in [1.165, 1.54) is 0 Å². The molecule has 1 aromatic carbocycles. The number of hydrogen-bond donors (Lipinski definition) is 2. The van der Waals surface area contributed by atoms with Gasteiger partial charge in [-0.15, -0.1) is 0 Å². The van der Waals surface area contributed by atoms with Crippen LogP contribution < -0.4 is 10.6 Å². The molecule has 1 aliphatic heterocycles. The summed E-state index contributed by atoms with van der Waals surface area (Å²) < 4.78 is 5.54. The molecule has 1 heterocycles. The van der Waals surface area contributed by atoms with Crippen molar-refractivity contribution in [3.63, 3.8) is 0 Å². The Labute approximate surface area is 108 Å². The van der Waals surface area contributed by atoms with Gasteiger partial charge in [0, 0.05) is 13.2 Å². The molecule has 1 fully saturated rings. The summed E-state index contributed by atoms with van der Waals surface area (Å²) in [6.45, 7) is 3.34. The SMILES string of the molecule is C[C@@H](NC(=O)NCc1ccccc1)[C@@H]1CCCO1. The summed E-state index contributed by atoms with van der Waals surface area (Å²) in [6.07, 6.45) is 2.27. The normalized spacial score (nSPS) is 20.4. The van der Waals surface area contributed by atoms with E-state index >= 15 is 0 Å². The summed E-state index contributed by atoms with van der Waals surface area (Å²) >= 11 is 0. The van der Waals surface area contributed by atoms with Crippen LogP contribution in [-0.4, -0.2) is 24.8 Å².